The lowest BCUT2D eigenvalue weighted by Crippen LogP contribution is -2.42. The summed E-state index contributed by atoms with van der Waals surface area (Å²) in [5, 5.41) is 6.59. The van der Waals surface area contributed by atoms with Gasteiger partial charge >= 0.3 is 0 Å². The molecule has 0 spiro atoms. The Morgan fingerprint density at radius 1 is 1.20 bits per heavy atom. The molecule has 8 nitrogen and oxygen atoms in total. The lowest BCUT2D eigenvalue weighted by Gasteiger charge is -2.30. The highest BCUT2D eigenvalue weighted by Crippen LogP contribution is 2.29. The Hall–Kier alpha value is -1.30. The number of aromatic nitrogens is 3. The number of sulfone groups is 1. The summed E-state index contributed by atoms with van der Waals surface area (Å²) < 4.78 is 53.8. The summed E-state index contributed by atoms with van der Waals surface area (Å²) in [4.78, 5) is 1.01. The highest BCUT2D eigenvalue weighted by atomic mass is 32.2. The fourth-order valence-corrected chi connectivity index (χ4v) is 7.53. The van der Waals surface area contributed by atoms with Crippen LogP contribution in [0.4, 0.5) is 0 Å². The van der Waals surface area contributed by atoms with E-state index in [2.05, 4.69) is 10.2 Å². The molecule has 138 valence electrons. The zero-order valence-corrected chi connectivity index (χ0v) is 16.4. The molecule has 0 atom stereocenters. The first-order chi connectivity index (χ1) is 11.8. The van der Waals surface area contributed by atoms with Crippen molar-refractivity contribution >= 4 is 31.2 Å². The molecule has 0 aliphatic carbocycles. The number of sulfonamides is 1. The first-order valence-corrected chi connectivity index (χ1v) is 11.7. The average Bonchev–Trinajstić information content (AvgIpc) is 3.24. The Morgan fingerprint density at radius 2 is 1.88 bits per heavy atom. The lowest BCUT2D eigenvalue weighted by molar-refractivity contribution is 0.345. The number of thiophene rings is 1. The van der Waals surface area contributed by atoms with Gasteiger partial charge in [-0.15, -0.1) is 21.5 Å². The largest absolute Gasteiger partial charge is 0.308 e. The fraction of sp³-hybridized carbons (Fsp3) is 0.571. The quantitative estimate of drug-likeness (QED) is 0.738. The van der Waals surface area contributed by atoms with Crippen molar-refractivity contribution in [1.82, 2.24) is 19.1 Å². The zero-order chi connectivity index (χ0) is 18.2. The van der Waals surface area contributed by atoms with Gasteiger partial charge in [-0.05, 0) is 31.4 Å². The van der Waals surface area contributed by atoms with E-state index in [0.717, 1.165) is 11.3 Å². The van der Waals surface area contributed by atoms with E-state index in [-0.39, 0.29) is 31.1 Å². The van der Waals surface area contributed by atoms with Gasteiger partial charge in [-0.1, -0.05) is 6.92 Å². The third-order valence-electron chi connectivity index (χ3n) is 4.34. The molecule has 11 heteroatoms. The Bertz CT molecular complexity index is 954. The van der Waals surface area contributed by atoms with Crippen LogP contribution in [0.5, 0.6) is 0 Å². The van der Waals surface area contributed by atoms with Gasteiger partial charge in [0.05, 0.1) is 5.25 Å². The van der Waals surface area contributed by atoms with E-state index >= 15 is 0 Å². The van der Waals surface area contributed by atoms with E-state index in [1.165, 1.54) is 26.5 Å². The Kier molecular flexibility index (Phi) is 5.02. The number of piperidine rings is 1. The van der Waals surface area contributed by atoms with Gasteiger partial charge in [-0.3, -0.25) is 0 Å². The van der Waals surface area contributed by atoms with Crippen molar-refractivity contribution in [2.75, 3.05) is 13.1 Å². The van der Waals surface area contributed by atoms with Crippen LogP contribution in [-0.2, 0) is 33.3 Å². The third-order valence-corrected chi connectivity index (χ3v) is 10.2. The maximum absolute atomic E-state index is 12.7. The molecular formula is C14H20N4O4S3. The summed E-state index contributed by atoms with van der Waals surface area (Å²) in [7, 11) is -5.59. The number of nitrogens with zero attached hydrogens (tertiary/aromatic N) is 4. The highest BCUT2D eigenvalue weighted by molar-refractivity contribution is 7.92. The second kappa shape index (κ2) is 6.78. The molecule has 0 unspecified atom stereocenters. The van der Waals surface area contributed by atoms with Crippen LogP contribution in [0.2, 0.25) is 0 Å². The van der Waals surface area contributed by atoms with Crippen molar-refractivity contribution in [2.45, 2.75) is 40.8 Å². The number of hydrogen-bond donors (Lipinski definition) is 0. The van der Waals surface area contributed by atoms with E-state index in [4.69, 9.17) is 0 Å². The van der Waals surface area contributed by atoms with Crippen LogP contribution < -0.4 is 0 Å². The van der Waals surface area contributed by atoms with Gasteiger partial charge in [0.15, 0.2) is 0 Å². The third kappa shape index (κ3) is 3.37. The average molecular weight is 405 g/mol. The monoisotopic (exact) mass is 404 g/mol. The number of aryl methyl sites for hydroxylation is 2. The van der Waals surface area contributed by atoms with Crippen molar-refractivity contribution < 1.29 is 16.8 Å². The smallest absolute Gasteiger partial charge is 0.252 e. The molecule has 2 aromatic rings. The van der Waals surface area contributed by atoms with Crippen molar-refractivity contribution in [2.24, 2.45) is 7.05 Å². The van der Waals surface area contributed by atoms with Crippen molar-refractivity contribution in [3.8, 4) is 0 Å². The minimum absolute atomic E-state index is 0.0698. The molecule has 0 N–H and O–H groups in total. The molecule has 1 aliphatic rings. The molecule has 1 saturated heterocycles. The van der Waals surface area contributed by atoms with Crippen LogP contribution in [0.25, 0.3) is 0 Å². The first-order valence-electron chi connectivity index (χ1n) is 7.93. The Labute approximate surface area is 151 Å². The van der Waals surface area contributed by atoms with Crippen LogP contribution in [0.15, 0.2) is 27.8 Å². The zero-order valence-electron chi connectivity index (χ0n) is 14.0. The Morgan fingerprint density at radius 3 is 2.40 bits per heavy atom. The van der Waals surface area contributed by atoms with E-state index in [1.54, 1.807) is 13.1 Å². The van der Waals surface area contributed by atoms with Crippen LogP contribution in [0.3, 0.4) is 0 Å². The predicted octanol–water partition coefficient (Wildman–Crippen LogP) is 1.07. The number of hydrogen-bond acceptors (Lipinski definition) is 7. The highest BCUT2D eigenvalue weighted by Gasteiger charge is 2.38. The summed E-state index contributed by atoms with van der Waals surface area (Å²) in [5.41, 5.74) is 0. The molecule has 25 heavy (non-hydrogen) atoms. The molecule has 0 saturated carbocycles. The van der Waals surface area contributed by atoms with Gasteiger partial charge in [-0.2, -0.15) is 4.31 Å². The van der Waals surface area contributed by atoms with Crippen molar-refractivity contribution in [3.63, 3.8) is 0 Å². The van der Waals surface area contributed by atoms with Crippen LogP contribution in [0.1, 0.15) is 24.6 Å². The maximum Gasteiger partial charge on any atom is 0.252 e. The molecule has 0 bridgehead atoms. The lowest BCUT2D eigenvalue weighted by atomic mass is 10.2. The normalized spacial score (nSPS) is 17.8. The maximum atomic E-state index is 12.7. The van der Waals surface area contributed by atoms with Crippen molar-refractivity contribution in [3.05, 3.63) is 23.3 Å². The van der Waals surface area contributed by atoms with Gasteiger partial charge in [0.1, 0.15) is 10.5 Å². The molecule has 2 aromatic heterocycles. The van der Waals surface area contributed by atoms with E-state index in [0.29, 0.717) is 4.21 Å². The number of rotatable bonds is 5. The summed E-state index contributed by atoms with van der Waals surface area (Å²) in [6.07, 6.45) is 2.63. The van der Waals surface area contributed by atoms with E-state index < -0.39 is 25.1 Å². The minimum Gasteiger partial charge on any atom is -0.308 e. The van der Waals surface area contributed by atoms with Gasteiger partial charge in [0.25, 0.3) is 10.0 Å². The van der Waals surface area contributed by atoms with Crippen LogP contribution >= 0.6 is 11.3 Å². The molecule has 3 heterocycles. The fourth-order valence-electron chi connectivity index (χ4n) is 2.88. The van der Waals surface area contributed by atoms with Gasteiger partial charge in [-0.25, -0.2) is 16.8 Å². The van der Waals surface area contributed by atoms with E-state index in [9.17, 15) is 16.8 Å². The van der Waals surface area contributed by atoms with Crippen LogP contribution in [-0.4, -0.2) is 54.2 Å². The van der Waals surface area contributed by atoms with E-state index in [1.807, 2.05) is 13.0 Å². The molecule has 0 aromatic carbocycles. The summed E-state index contributed by atoms with van der Waals surface area (Å²) in [5.74, 6) is 0. The SMILES string of the molecule is CCc1ccc(S(=O)(=O)N2CCC(S(=O)(=O)c3nncn3C)CC2)s1. The molecule has 0 amide bonds. The second-order valence-corrected chi connectivity index (χ2v) is 11.4. The molecule has 0 radical (unpaired) electrons. The molecule has 1 aliphatic heterocycles. The topological polar surface area (TPSA) is 102 Å². The van der Waals surface area contributed by atoms with Crippen molar-refractivity contribution in [1.29, 1.82) is 0 Å². The second-order valence-electron chi connectivity index (χ2n) is 5.95. The van der Waals surface area contributed by atoms with Gasteiger partial charge in [0.2, 0.25) is 15.0 Å². The molecular weight excluding hydrogens is 384 g/mol. The molecule has 3 rings (SSSR count). The minimum atomic E-state index is -3.61. The predicted molar refractivity (Wildman–Crippen MR) is 93.7 cm³/mol. The van der Waals surface area contributed by atoms with Gasteiger partial charge < -0.3 is 4.57 Å². The first kappa shape index (κ1) is 18.5. The standard InChI is InChI=1S/C14H20N4O4S3/c1-3-11-4-5-13(23-11)25(21,22)18-8-6-12(7-9-18)24(19,20)14-16-15-10-17(14)2/h4-5,10,12H,3,6-9H2,1-2H3. The summed E-state index contributed by atoms with van der Waals surface area (Å²) in [6.45, 7) is 2.35. The summed E-state index contributed by atoms with van der Waals surface area (Å²) >= 11 is 1.27. The van der Waals surface area contributed by atoms with Crippen LogP contribution in [0, 0.1) is 0 Å². The molecule has 1 fully saturated rings. The summed E-state index contributed by atoms with van der Waals surface area (Å²) in [6, 6.07) is 3.45. The van der Waals surface area contributed by atoms with Gasteiger partial charge in [0, 0.05) is 25.0 Å². The Balaban J connectivity index is 1.74.